The quantitative estimate of drug-likeness (QED) is 0.548. The van der Waals surface area contributed by atoms with Gasteiger partial charge in [0.25, 0.3) is 0 Å². The molecule has 0 unspecified atom stereocenters. The van der Waals surface area contributed by atoms with Gasteiger partial charge in [0.1, 0.15) is 12.4 Å². The first-order chi connectivity index (χ1) is 9.95. The van der Waals surface area contributed by atoms with Gasteiger partial charge in [-0.2, -0.15) is 0 Å². The zero-order valence-electron chi connectivity index (χ0n) is 11.3. The Morgan fingerprint density at radius 1 is 0.810 bits per heavy atom. The number of ether oxygens (including phenoxy) is 2. The smallest absolute Gasteiger partial charge is 0.158 e. The van der Waals surface area contributed by atoms with E-state index in [9.17, 15) is 0 Å². The van der Waals surface area contributed by atoms with E-state index in [0.29, 0.717) is 51.1 Å². The summed E-state index contributed by atoms with van der Waals surface area (Å²) in [5.74, 6) is 1.42. The molecule has 0 radical (unpaired) electrons. The van der Waals surface area contributed by atoms with Gasteiger partial charge < -0.3 is 32.4 Å². The molecular formula is C15H16N4O2. The van der Waals surface area contributed by atoms with Crippen LogP contribution in [0.1, 0.15) is 0 Å². The molecule has 108 valence electrons. The molecule has 1 aliphatic heterocycles. The van der Waals surface area contributed by atoms with Crippen LogP contribution in [0.25, 0.3) is 11.1 Å². The monoisotopic (exact) mass is 284 g/mol. The Morgan fingerprint density at radius 3 is 1.95 bits per heavy atom. The minimum atomic E-state index is 0.171. The molecule has 0 bridgehead atoms. The van der Waals surface area contributed by atoms with E-state index in [2.05, 4.69) is 6.58 Å². The number of hydrogen-bond acceptors (Lipinski definition) is 6. The second-order valence-corrected chi connectivity index (χ2v) is 4.90. The molecule has 0 aliphatic carbocycles. The molecule has 3 rings (SSSR count). The molecule has 0 fully saturated rings. The van der Waals surface area contributed by atoms with Crippen LogP contribution < -0.4 is 32.4 Å². The van der Waals surface area contributed by atoms with Gasteiger partial charge in [-0.3, -0.25) is 0 Å². The average Bonchev–Trinajstić information content (AvgIpc) is 2.38. The van der Waals surface area contributed by atoms with Gasteiger partial charge in [-0.1, -0.05) is 6.58 Å². The maximum atomic E-state index is 6.01. The number of benzene rings is 2. The van der Waals surface area contributed by atoms with Gasteiger partial charge in [0, 0.05) is 22.5 Å². The summed E-state index contributed by atoms with van der Waals surface area (Å²) >= 11 is 0. The number of hydrogen-bond donors (Lipinski definition) is 4. The molecule has 21 heavy (non-hydrogen) atoms. The van der Waals surface area contributed by atoms with Crippen LogP contribution in [0.2, 0.25) is 0 Å². The lowest BCUT2D eigenvalue weighted by molar-refractivity contribution is 0.281. The average molecular weight is 284 g/mol. The normalized spacial score (nSPS) is 13.2. The third-order valence-corrected chi connectivity index (χ3v) is 3.19. The summed E-state index contributed by atoms with van der Waals surface area (Å²) in [5, 5.41) is 0. The molecule has 0 spiro atoms. The van der Waals surface area contributed by atoms with Crippen molar-refractivity contribution in [3.8, 4) is 22.6 Å². The first-order valence-corrected chi connectivity index (χ1v) is 6.32. The van der Waals surface area contributed by atoms with Crippen molar-refractivity contribution in [2.45, 2.75) is 0 Å². The van der Waals surface area contributed by atoms with Crippen LogP contribution in [0.4, 0.5) is 22.7 Å². The molecule has 0 saturated carbocycles. The first-order valence-electron chi connectivity index (χ1n) is 6.32. The lowest BCUT2D eigenvalue weighted by Gasteiger charge is -2.23. The Bertz CT molecular complexity index is 756. The van der Waals surface area contributed by atoms with E-state index in [0.717, 1.165) is 0 Å². The molecule has 2 aromatic carbocycles. The van der Waals surface area contributed by atoms with Crippen LogP contribution in [0.5, 0.6) is 11.5 Å². The fraction of sp³-hybridized carbons (Fsp3) is 0.0667. The largest absolute Gasteiger partial charge is 0.483 e. The third-order valence-electron chi connectivity index (χ3n) is 3.19. The molecule has 0 atom stereocenters. The highest BCUT2D eigenvalue weighted by Gasteiger charge is 2.22. The summed E-state index contributed by atoms with van der Waals surface area (Å²) < 4.78 is 11.4. The maximum absolute atomic E-state index is 6.01. The van der Waals surface area contributed by atoms with Crippen molar-refractivity contribution in [3.05, 3.63) is 36.6 Å². The minimum absolute atomic E-state index is 0.171. The number of fused-ring (bicyclic) bond motifs is 3. The lowest BCUT2D eigenvalue weighted by atomic mass is 9.99. The molecule has 1 heterocycles. The van der Waals surface area contributed by atoms with Crippen LogP contribution >= 0.6 is 0 Å². The molecule has 1 aliphatic rings. The van der Waals surface area contributed by atoms with E-state index in [1.165, 1.54) is 0 Å². The Morgan fingerprint density at radius 2 is 1.33 bits per heavy atom. The number of nitrogens with two attached hydrogens (primary N) is 4. The highest BCUT2D eigenvalue weighted by atomic mass is 16.5. The van der Waals surface area contributed by atoms with Gasteiger partial charge in [0.2, 0.25) is 0 Å². The second kappa shape index (κ2) is 4.52. The number of anilines is 4. The van der Waals surface area contributed by atoms with Gasteiger partial charge in [0.15, 0.2) is 11.5 Å². The van der Waals surface area contributed by atoms with Gasteiger partial charge in [0.05, 0.1) is 11.4 Å². The van der Waals surface area contributed by atoms with Crippen molar-refractivity contribution in [3.63, 3.8) is 0 Å². The van der Waals surface area contributed by atoms with Crippen molar-refractivity contribution < 1.29 is 9.47 Å². The van der Waals surface area contributed by atoms with E-state index in [1.807, 2.05) is 0 Å². The SMILES string of the molecule is C=C1COc2c(N)cc(N)cc2-c2cc(N)cc(N)c2O1. The van der Waals surface area contributed by atoms with Gasteiger partial charge >= 0.3 is 0 Å². The van der Waals surface area contributed by atoms with Gasteiger partial charge in [-0.05, 0) is 24.3 Å². The zero-order chi connectivity index (χ0) is 15.1. The molecular weight excluding hydrogens is 268 g/mol. The highest BCUT2D eigenvalue weighted by molar-refractivity contribution is 5.89. The molecule has 0 amide bonds. The summed E-state index contributed by atoms with van der Waals surface area (Å²) in [5.41, 5.74) is 27.0. The molecule has 2 aromatic rings. The standard InChI is InChI=1S/C15H16N4O2/c1-7-6-20-14-10(2-8(16)4-12(14)18)11-3-9(17)5-13(19)15(11)21-7/h2-5H,1,6,16-19H2. The first kappa shape index (κ1) is 13.0. The van der Waals surface area contributed by atoms with Crippen molar-refractivity contribution in [1.82, 2.24) is 0 Å². The number of nitrogen functional groups attached to an aromatic ring is 4. The van der Waals surface area contributed by atoms with Crippen molar-refractivity contribution >= 4 is 22.7 Å². The summed E-state index contributed by atoms with van der Waals surface area (Å²) in [6.45, 7) is 3.97. The molecule has 8 N–H and O–H groups in total. The zero-order valence-corrected chi connectivity index (χ0v) is 11.3. The van der Waals surface area contributed by atoms with Crippen LogP contribution in [0.15, 0.2) is 36.6 Å². The van der Waals surface area contributed by atoms with Crippen molar-refractivity contribution in [2.24, 2.45) is 0 Å². The van der Waals surface area contributed by atoms with E-state index in [4.69, 9.17) is 32.4 Å². The second-order valence-electron chi connectivity index (χ2n) is 4.90. The fourth-order valence-corrected chi connectivity index (χ4v) is 2.35. The Kier molecular flexibility index (Phi) is 2.79. The van der Waals surface area contributed by atoms with E-state index < -0.39 is 0 Å². The van der Waals surface area contributed by atoms with E-state index in [-0.39, 0.29) is 6.61 Å². The minimum Gasteiger partial charge on any atom is -0.483 e. The van der Waals surface area contributed by atoms with E-state index >= 15 is 0 Å². The molecule has 6 heteroatoms. The van der Waals surface area contributed by atoms with Crippen molar-refractivity contribution in [1.29, 1.82) is 0 Å². The fourth-order valence-electron chi connectivity index (χ4n) is 2.35. The summed E-state index contributed by atoms with van der Waals surface area (Å²) in [4.78, 5) is 0. The highest BCUT2D eigenvalue weighted by Crippen LogP contribution is 2.46. The van der Waals surface area contributed by atoms with E-state index in [1.54, 1.807) is 24.3 Å². The lowest BCUT2D eigenvalue weighted by Crippen LogP contribution is -2.13. The van der Waals surface area contributed by atoms with Crippen LogP contribution in [-0.4, -0.2) is 6.61 Å². The Balaban J connectivity index is 2.37. The third kappa shape index (κ3) is 2.16. The Hall–Kier alpha value is -3.02. The summed E-state index contributed by atoms with van der Waals surface area (Å²) in [6, 6.07) is 6.76. The summed E-state index contributed by atoms with van der Waals surface area (Å²) in [7, 11) is 0. The molecule has 0 saturated heterocycles. The van der Waals surface area contributed by atoms with Crippen molar-refractivity contribution in [2.75, 3.05) is 29.5 Å². The summed E-state index contributed by atoms with van der Waals surface area (Å²) in [6.07, 6.45) is 0. The molecule has 6 nitrogen and oxygen atoms in total. The Labute approximate surface area is 121 Å². The topological polar surface area (TPSA) is 123 Å². The van der Waals surface area contributed by atoms with Gasteiger partial charge in [-0.25, -0.2) is 0 Å². The van der Waals surface area contributed by atoms with Crippen LogP contribution in [0.3, 0.4) is 0 Å². The van der Waals surface area contributed by atoms with Crippen LogP contribution in [0, 0.1) is 0 Å². The van der Waals surface area contributed by atoms with Gasteiger partial charge in [-0.15, -0.1) is 0 Å². The predicted molar refractivity (Wildman–Crippen MR) is 84.8 cm³/mol. The van der Waals surface area contributed by atoms with Crippen LogP contribution in [-0.2, 0) is 0 Å². The maximum Gasteiger partial charge on any atom is 0.158 e. The number of rotatable bonds is 0. The molecule has 0 aromatic heterocycles. The predicted octanol–water partition coefficient (Wildman–Crippen LogP) is 1.97.